The number of aromatic nitrogens is 3. The molecule has 20 heavy (non-hydrogen) atoms. The van der Waals surface area contributed by atoms with Crippen molar-refractivity contribution in [3.05, 3.63) is 11.6 Å². The van der Waals surface area contributed by atoms with E-state index in [4.69, 9.17) is 0 Å². The van der Waals surface area contributed by atoms with Crippen molar-refractivity contribution in [1.29, 1.82) is 0 Å². The maximum atomic E-state index is 12.1. The number of amides is 2. The smallest absolute Gasteiger partial charge is 0.291 e. The molecule has 2 N–H and O–H groups in total. The summed E-state index contributed by atoms with van der Waals surface area (Å²) >= 11 is 0. The molecular weight excluding hydrogens is 258 g/mol. The monoisotopic (exact) mass is 279 g/mol. The number of hydrogen-bond acceptors (Lipinski definition) is 4. The summed E-state index contributed by atoms with van der Waals surface area (Å²) in [5.41, 5.74) is 0. The summed E-state index contributed by atoms with van der Waals surface area (Å²) in [5, 5.41) is 9.32. The molecule has 1 unspecified atom stereocenters. The Morgan fingerprint density at radius 1 is 1.40 bits per heavy atom. The van der Waals surface area contributed by atoms with Crippen LogP contribution in [0.4, 0.5) is 0 Å². The number of carbonyl (C=O) groups excluding carboxylic acids is 2. The van der Waals surface area contributed by atoms with Crippen molar-refractivity contribution in [2.24, 2.45) is 0 Å². The van der Waals surface area contributed by atoms with Gasteiger partial charge in [-0.3, -0.25) is 14.7 Å². The van der Waals surface area contributed by atoms with Crippen molar-refractivity contribution < 1.29 is 9.59 Å². The van der Waals surface area contributed by atoms with Gasteiger partial charge in [0.05, 0.1) is 0 Å². The van der Waals surface area contributed by atoms with E-state index in [-0.39, 0.29) is 11.7 Å². The fraction of sp³-hybridized carbons (Fsp3) is 0.692. The van der Waals surface area contributed by atoms with Gasteiger partial charge in [-0.05, 0) is 33.6 Å². The SMILES string of the molecule is CCN(CC)C(=O)C(C)NC(=O)c1n[nH]c(C2CC2)n1. The second-order valence-electron chi connectivity index (χ2n) is 5.02. The minimum absolute atomic E-state index is 0.0960. The van der Waals surface area contributed by atoms with Crippen molar-refractivity contribution in [2.75, 3.05) is 13.1 Å². The van der Waals surface area contributed by atoms with Gasteiger partial charge >= 0.3 is 0 Å². The Bertz CT molecular complexity index is 491. The molecule has 1 aromatic heterocycles. The van der Waals surface area contributed by atoms with Crippen LogP contribution in [0.1, 0.15) is 56.0 Å². The van der Waals surface area contributed by atoms with E-state index < -0.39 is 11.9 Å². The second kappa shape index (κ2) is 6.02. The van der Waals surface area contributed by atoms with Crippen molar-refractivity contribution in [3.63, 3.8) is 0 Å². The largest absolute Gasteiger partial charge is 0.341 e. The number of aromatic amines is 1. The molecule has 0 aromatic carbocycles. The number of H-pyrrole nitrogens is 1. The maximum Gasteiger partial charge on any atom is 0.291 e. The van der Waals surface area contributed by atoms with Crippen molar-refractivity contribution >= 4 is 11.8 Å². The van der Waals surface area contributed by atoms with Gasteiger partial charge in [-0.25, -0.2) is 4.98 Å². The normalized spacial score (nSPS) is 15.8. The molecule has 1 aromatic rings. The predicted molar refractivity (Wildman–Crippen MR) is 73.2 cm³/mol. The molecule has 2 rings (SSSR count). The van der Waals surface area contributed by atoms with Gasteiger partial charge < -0.3 is 10.2 Å². The molecule has 7 nitrogen and oxygen atoms in total. The number of hydrogen-bond donors (Lipinski definition) is 2. The Kier molecular flexibility index (Phi) is 4.36. The molecule has 1 atom stereocenters. The van der Waals surface area contributed by atoms with E-state index in [1.54, 1.807) is 11.8 Å². The van der Waals surface area contributed by atoms with E-state index in [0.29, 0.717) is 19.0 Å². The van der Waals surface area contributed by atoms with E-state index in [1.807, 2.05) is 13.8 Å². The number of likely N-dealkylation sites (N-methyl/N-ethyl adjacent to an activating group) is 1. The molecule has 1 aliphatic carbocycles. The van der Waals surface area contributed by atoms with Crippen LogP contribution in [0.25, 0.3) is 0 Å². The van der Waals surface area contributed by atoms with Crippen LogP contribution in [-0.2, 0) is 4.79 Å². The first-order chi connectivity index (χ1) is 9.56. The third-order valence-electron chi connectivity index (χ3n) is 3.46. The highest BCUT2D eigenvalue weighted by molar-refractivity contribution is 5.94. The van der Waals surface area contributed by atoms with Gasteiger partial charge in [-0.2, -0.15) is 0 Å². The summed E-state index contributed by atoms with van der Waals surface area (Å²) in [6.07, 6.45) is 2.18. The van der Waals surface area contributed by atoms with Crippen molar-refractivity contribution in [3.8, 4) is 0 Å². The highest BCUT2D eigenvalue weighted by atomic mass is 16.2. The zero-order valence-electron chi connectivity index (χ0n) is 12.1. The van der Waals surface area contributed by atoms with Crippen LogP contribution < -0.4 is 5.32 Å². The molecule has 1 fully saturated rings. The standard InChI is InChI=1S/C13H21N5O2/c1-4-18(5-2)13(20)8(3)14-12(19)11-15-10(16-17-11)9-6-7-9/h8-9H,4-7H2,1-3H3,(H,14,19)(H,15,16,17). The summed E-state index contributed by atoms with van der Waals surface area (Å²) in [6, 6.07) is -0.578. The molecule has 0 aliphatic heterocycles. The fourth-order valence-electron chi connectivity index (χ4n) is 2.05. The number of carbonyl (C=O) groups is 2. The number of rotatable bonds is 6. The van der Waals surface area contributed by atoms with Gasteiger partial charge in [0.1, 0.15) is 11.9 Å². The molecule has 0 spiro atoms. The molecular formula is C13H21N5O2. The van der Waals surface area contributed by atoms with Crippen molar-refractivity contribution in [2.45, 2.75) is 45.6 Å². The maximum absolute atomic E-state index is 12.1. The minimum Gasteiger partial charge on any atom is -0.341 e. The molecule has 1 aliphatic rings. The van der Waals surface area contributed by atoms with Crippen LogP contribution >= 0.6 is 0 Å². The van der Waals surface area contributed by atoms with Gasteiger partial charge in [-0.15, -0.1) is 5.10 Å². The van der Waals surface area contributed by atoms with Gasteiger partial charge in [0.15, 0.2) is 0 Å². The zero-order chi connectivity index (χ0) is 14.7. The van der Waals surface area contributed by atoms with Crippen LogP contribution in [0.5, 0.6) is 0 Å². The van der Waals surface area contributed by atoms with Crippen LogP contribution in [0, 0.1) is 0 Å². The molecule has 0 bridgehead atoms. The summed E-state index contributed by atoms with van der Waals surface area (Å²) in [5.74, 6) is 0.769. The van der Waals surface area contributed by atoms with Crippen LogP contribution in [0.15, 0.2) is 0 Å². The zero-order valence-corrected chi connectivity index (χ0v) is 12.1. The predicted octanol–water partition coefficient (Wildman–Crippen LogP) is 0.669. The van der Waals surface area contributed by atoms with Crippen LogP contribution in [0.2, 0.25) is 0 Å². The van der Waals surface area contributed by atoms with Gasteiger partial charge in [0.25, 0.3) is 5.91 Å². The Morgan fingerprint density at radius 3 is 2.60 bits per heavy atom. The minimum atomic E-state index is -0.578. The average molecular weight is 279 g/mol. The topological polar surface area (TPSA) is 91.0 Å². The lowest BCUT2D eigenvalue weighted by molar-refractivity contribution is -0.132. The molecule has 1 saturated carbocycles. The summed E-state index contributed by atoms with van der Waals surface area (Å²) in [6.45, 7) is 6.75. The molecule has 7 heteroatoms. The lowest BCUT2D eigenvalue weighted by Gasteiger charge is -2.23. The lowest BCUT2D eigenvalue weighted by Crippen LogP contribution is -2.47. The first-order valence-electron chi connectivity index (χ1n) is 7.08. The Morgan fingerprint density at radius 2 is 2.05 bits per heavy atom. The van der Waals surface area contributed by atoms with Crippen LogP contribution in [-0.4, -0.2) is 51.0 Å². The van der Waals surface area contributed by atoms with E-state index in [2.05, 4.69) is 20.5 Å². The number of nitrogens with one attached hydrogen (secondary N) is 2. The van der Waals surface area contributed by atoms with Gasteiger partial charge in [-0.1, -0.05) is 0 Å². The van der Waals surface area contributed by atoms with Crippen LogP contribution in [0.3, 0.4) is 0 Å². The molecule has 1 heterocycles. The third kappa shape index (κ3) is 3.15. The summed E-state index contributed by atoms with van der Waals surface area (Å²) in [7, 11) is 0. The van der Waals surface area contributed by atoms with E-state index in [9.17, 15) is 9.59 Å². The van der Waals surface area contributed by atoms with E-state index in [1.165, 1.54) is 0 Å². The quantitative estimate of drug-likeness (QED) is 0.800. The first-order valence-corrected chi connectivity index (χ1v) is 7.08. The Hall–Kier alpha value is -1.92. The second-order valence-corrected chi connectivity index (χ2v) is 5.02. The summed E-state index contributed by atoms with van der Waals surface area (Å²) < 4.78 is 0. The van der Waals surface area contributed by atoms with E-state index >= 15 is 0 Å². The first kappa shape index (κ1) is 14.5. The van der Waals surface area contributed by atoms with Gasteiger partial charge in [0, 0.05) is 19.0 Å². The third-order valence-corrected chi connectivity index (χ3v) is 3.46. The highest BCUT2D eigenvalue weighted by Crippen LogP contribution is 2.37. The average Bonchev–Trinajstić information content (AvgIpc) is 3.17. The lowest BCUT2D eigenvalue weighted by atomic mass is 10.2. The molecule has 2 amide bonds. The summed E-state index contributed by atoms with van der Waals surface area (Å²) in [4.78, 5) is 29.9. The van der Waals surface area contributed by atoms with E-state index in [0.717, 1.165) is 18.7 Å². The molecule has 0 radical (unpaired) electrons. The fourth-order valence-corrected chi connectivity index (χ4v) is 2.05. The Labute approximate surface area is 118 Å². The highest BCUT2D eigenvalue weighted by Gasteiger charge is 2.29. The molecule has 0 saturated heterocycles. The van der Waals surface area contributed by atoms with Crippen molar-refractivity contribution in [1.82, 2.24) is 25.4 Å². The number of nitrogens with zero attached hydrogens (tertiary/aromatic N) is 3. The van der Waals surface area contributed by atoms with Gasteiger partial charge in [0.2, 0.25) is 11.7 Å². The Balaban J connectivity index is 1.93. The molecule has 110 valence electrons.